The van der Waals surface area contributed by atoms with Crippen molar-refractivity contribution in [1.82, 2.24) is 0 Å². The van der Waals surface area contributed by atoms with Crippen LogP contribution < -0.4 is 10.1 Å². The zero-order valence-corrected chi connectivity index (χ0v) is 13.9. The number of anilines is 1. The van der Waals surface area contributed by atoms with Crippen LogP contribution in [0.4, 0.5) is 5.69 Å². The first-order valence-electron chi connectivity index (χ1n) is 6.75. The number of carbonyl (C=O) groups excluding carboxylic acids is 2. The lowest BCUT2D eigenvalue weighted by Crippen LogP contribution is -2.21. The molecule has 2 rings (SSSR count). The first-order valence-corrected chi connectivity index (χ1v) is 7.54. The lowest BCUT2D eigenvalue weighted by Gasteiger charge is -2.12. The highest BCUT2D eigenvalue weighted by Gasteiger charge is 2.10. The number of para-hydroxylation sites is 1. The molecular formula is C17H16BrNO3. The molecule has 0 saturated heterocycles. The lowest BCUT2D eigenvalue weighted by molar-refractivity contribution is -0.118. The van der Waals surface area contributed by atoms with Gasteiger partial charge in [-0.3, -0.25) is 9.59 Å². The molecule has 2 aromatic rings. The number of benzene rings is 2. The third kappa shape index (κ3) is 3.95. The molecule has 114 valence electrons. The Bertz CT molecular complexity index is 693. The Balaban J connectivity index is 2.03. The predicted molar refractivity (Wildman–Crippen MR) is 89.6 cm³/mol. The van der Waals surface area contributed by atoms with E-state index >= 15 is 0 Å². The number of hydrogen-bond donors (Lipinski definition) is 1. The van der Waals surface area contributed by atoms with Crippen LogP contribution in [0.5, 0.6) is 5.75 Å². The van der Waals surface area contributed by atoms with Crippen molar-refractivity contribution >= 4 is 33.8 Å². The van der Waals surface area contributed by atoms with Crippen molar-refractivity contribution in [2.24, 2.45) is 0 Å². The SMILES string of the molecule is Cc1cccc(C)c1NC(=O)COc1ccc(Br)cc1C=O. The summed E-state index contributed by atoms with van der Waals surface area (Å²) in [7, 11) is 0. The number of amides is 1. The molecule has 0 heterocycles. The quantitative estimate of drug-likeness (QED) is 0.821. The fourth-order valence-electron chi connectivity index (χ4n) is 2.07. The minimum Gasteiger partial charge on any atom is -0.483 e. The summed E-state index contributed by atoms with van der Waals surface area (Å²) in [6, 6.07) is 10.9. The second-order valence-electron chi connectivity index (χ2n) is 4.90. The van der Waals surface area contributed by atoms with Gasteiger partial charge >= 0.3 is 0 Å². The maximum absolute atomic E-state index is 12.0. The number of aldehydes is 1. The molecule has 0 spiro atoms. The van der Waals surface area contributed by atoms with Crippen molar-refractivity contribution in [3.05, 3.63) is 57.6 Å². The molecule has 22 heavy (non-hydrogen) atoms. The number of hydrogen-bond acceptors (Lipinski definition) is 3. The molecule has 0 radical (unpaired) electrons. The van der Waals surface area contributed by atoms with E-state index in [9.17, 15) is 9.59 Å². The summed E-state index contributed by atoms with van der Waals surface area (Å²) in [6.45, 7) is 3.71. The Kier molecular flexibility index (Phi) is 5.33. The number of halogens is 1. The summed E-state index contributed by atoms with van der Waals surface area (Å²) in [6.07, 6.45) is 0.698. The van der Waals surface area contributed by atoms with Gasteiger partial charge in [-0.05, 0) is 43.2 Å². The van der Waals surface area contributed by atoms with Gasteiger partial charge in [-0.2, -0.15) is 0 Å². The first-order chi connectivity index (χ1) is 10.5. The van der Waals surface area contributed by atoms with Gasteiger partial charge in [0, 0.05) is 10.2 Å². The number of carbonyl (C=O) groups is 2. The summed E-state index contributed by atoms with van der Waals surface area (Å²) in [4.78, 5) is 23.0. The molecule has 0 aliphatic carbocycles. The summed E-state index contributed by atoms with van der Waals surface area (Å²) >= 11 is 3.28. The van der Waals surface area contributed by atoms with Crippen LogP contribution in [0.15, 0.2) is 40.9 Å². The van der Waals surface area contributed by atoms with Gasteiger partial charge in [0.2, 0.25) is 0 Å². The van der Waals surface area contributed by atoms with Crippen LogP contribution in [0.2, 0.25) is 0 Å². The fourth-order valence-corrected chi connectivity index (χ4v) is 2.45. The number of nitrogens with one attached hydrogen (secondary N) is 1. The second-order valence-corrected chi connectivity index (χ2v) is 5.82. The van der Waals surface area contributed by atoms with Crippen LogP contribution in [0.25, 0.3) is 0 Å². The Morgan fingerprint density at radius 1 is 1.23 bits per heavy atom. The van der Waals surface area contributed by atoms with Crippen LogP contribution in [-0.2, 0) is 4.79 Å². The van der Waals surface area contributed by atoms with Crippen LogP contribution >= 0.6 is 15.9 Å². The molecule has 0 atom stereocenters. The number of ether oxygens (including phenoxy) is 1. The normalized spacial score (nSPS) is 10.1. The molecule has 0 aromatic heterocycles. The minimum atomic E-state index is -0.267. The molecule has 1 amide bonds. The van der Waals surface area contributed by atoms with Crippen LogP contribution in [-0.4, -0.2) is 18.8 Å². The molecule has 0 aliphatic heterocycles. The predicted octanol–water partition coefficient (Wildman–Crippen LogP) is 3.90. The monoisotopic (exact) mass is 361 g/mol. The molecule has 4 nitrogen and oxygen atoms in total. The maximum Gasteiger partial charge on any atom is 0.262 e. The third-order valence-corrected chi connectivity index (χ3v) is 3.70. The van der Waals surface area contributed by atoms with Gasteiger partial charge in [-0.25, -0.2) is 0 Å². The molecule has 2 aromatic carbocycles. The van der Waals surface area contributed by atoms with E-state index in [-0.39, 0.29) is 12.5 Å². The van der Waals surface area contributed by atoms with E-state index in [0.717, 1.165) is 21.3 Å². The van der Waals surface area contributed by atoms with Gasteiger partial charge in [0.25, 0.3) is 5.91 Å². The van der Waals surface area contributed by atoms with Gasteiger partial charge < -0.3 is 10.1 Å². The molecule has 0 bridgehead atoms. The van der Waals surface area contributed by atoms with Crippen LogP contribution in [0.3, 0.4) is 0 Å². The molecule has 5 heteroatoms. The zero-order chi connectivity index (χ0) is 16.1. The zero-order valence-electron chi connectivity index (χ0n) is 12.4. The molecule has 0 aliphatic rings. The topological polar surface area (TPSA) is 55.4 Å². The molecule has 1 N–H and O–H groups in total. The average Bonchev–Trinajstić information content (AvgIpc) is 2.49. The summed E-state index contributed by atoms with van der Waals surface area (Å²) in [5.41, 5.74) is 3.17. The Morgan fingerprint density at radius 2 is 1.91 bits per heavy atom. The number of aryl methyl sites for hydroxylation is 2. The largest absolute Gasteiger partial charge is 0.483 e. The number of rotatable bonds is 5. The Labute approximate surface area is 137 Å². The Morgan fingerprint density at radius 3 is 2.55 bits per heavy atom. The van der Waals surface area contributed by atoms with Crippen molar-refractivity contribution in [3.8, 4) is 5.75 Å². The highest BCUT2D eigenvalue weighted by atomic mass is 79.9. The van der Waals surface area contributed by atoms with E-state index in [4.69, 9.17) is 4.74 Å². The van der Waals surface area contributed by atoms with Crippen LogP contribution in [0, 0.1) is 13.8 Å². The van der Waals surface area contributed by atoms with Crippen LogP contribution in [0.1, 0.15) is 21.5 Å². The summed E-state index contributed by atoms with van der Waals surface area (Å²) in [5, 5.41) is 2.84. The molecule has 0 unspecified atom stereocenters. The standard InChI is InChI=1S/C17H16BrNO3/c1-11-4-3-5-12(2)17(11)19-16(21)10-22-15-7-6-14(18)8-13(15)9-20/h3-9H,10H2,1-2H3,(H,19,21). The van der Waals surface area contributed by atoms with Crippen molar-refractivity contribution in [2.45, 2.75) is 13.8 Å². The van der Waals surface area contributed by atoms with Gasteiger partial charge in [0.1, 0.15) is 5.75 Å². The summed E-state index contributed by atoms with van der Waals surface area (Å²) in [5.74, 6) is 0.118. The molecular weight excluding hydrogens is 346 g/mol. The van der Waals surface area contributed by atoms with E-state index in [1.807, 2.05) is 32.0 Å². The third-order valence-electron chi connectivity index (χ3n) is 3.20. The smallest absolute Gasteiger partial charge is 0.262 e. The van der Waals surface area contributed by atoms with Gasteiger partial charge in [-0.15, -0.1) is 0 Å². The molecule has 0 fully saturated rings. The highest BCUT2D eigenvalue weighted by Crippen LogP contribution is 2.22. The highest BCUT2D eigenvalue weighted by molar-refractivity contribution is 9.10. The molecule has 0 saturated carbocycles. The second kappa shape index (κ2) is 7.22. The van der Waals surface area contributed by atoms with Gasteiger partial charge in [-0.1, -0.05) is 34.1 Å². The van der Waals surface area contributed by atoms with Crippen molar-refractivity contribution < 1.29 is 14.3 Å². The van der Waals surface area contributed by atoms with Crippen molar-refractivity contribution in [3.63, 3.8) is 0 Å². The maximum atomic E-state index is 12.0. The van der Waals surface area contributed by atoms with Gasteiger partial charge in [0.15, 0.2) is 12.9 Å². The Hall–Kier alpha value is -2.14. The van der Waals surface area contributed by atoms with E-state index in [1.54, 1.807) is 18.2 Å². The van der Waals surface area contributed by atoms with E-state index < -0.39 is 0 Å². The lowest BCUT2D eigenvalue weighted by atomic mass is 10.1. The van der Waals surface area contributed by atoms with Crippen molar-refractivity contribution in [2.75, 3.05) is 11.9 Å². The van der Waals surface area contributed by atoms with E-state index in [1.165, 1.54) is 0 Å². The van der Waals surface area contributed by atoms with Gasteiger partial charge in [0.05, 0.1) is 5.56 Å². The first kappa shape index (κ1) is 16.2. The summed E-state index contributed by atoms with van der Waals surface area (Å²) < 4.78 is 6.21. The fraction of sp³-hybridized carbons (Fsp3) is 0.176. The minimum absolute atomic E-state index is 0.157. The van der Waals surface area contributed by atoms with Crippen molar-refractivity contribution in [1.29, 1.82) is 0 Å². The average molecular weight is 362 g/mol. The van der Waals surface area contributed by atoms with E-state index in [2.05, 4.69) is 21.2 Å². The van der Waals surface area contributed by atoms with E-state index in [0.29, 0.717) is 17.6 Å².